The van der Waals surface area contributed by atoms with Crippen molar-refractivity contribution in [2.24, 2.45) is 0 Å². The number of carbonyl (C=O) groups is 1. The number of aromatic nitrogens is 2. The summed E-state index contributed by atoms with van der Waals surface area (Å²) >= 11 is 0. The van der Waals surface area contributed by atoms with Gasteiger partial charge in [-0.2, -0.15) is 10.2 Å². The number of carbonyl (C=O) groups excluding carboxylic acids is 1. The third kappa shape index (κ3) is 3.22. The Hall–Kier alpha value is -2.10. The molecular weight excluding hydrogens is 243 g/mol. The predicted octanol–water partition coefficient (Wildman–Crippen LogP) is 3.25. The molecule has 0 radical (unpaired) electrons. The first-order chi connectivity index (χ1) is 9.22. The summed E-state index contributed by atoms with van der Waals surface area (Å²) in [6.45, 7) is 1.19. The third-order valence-electron chi connectivity index (χ3n) is 2.91. The molecule has 0 N–H and O–H groups in total. The molecule has 0 spiro atoms. The molecule has 1 heterocycles. The maximum absolute atomic E-state index is 12.2. The molecule has 0 saturated heterocycles. The minimum Gasteiger partial charge on any atom is -0.294 e. The van der Waals surface area contributed by atoms with Crippen LogP contribution in [-0.2, 0) is 6.42 Å². The van der Waals surface area contributed by atoms with Crippen LogP contribution in [-0.4, -0.2) is 22.7 Å². The molecule has 0 aliphatic carbocycles. The molecule has 0 bridgehead atoms. The SMILES string of the molecule is CC(=O)c1ccc(CCCF)cc1-c1cccnn1. The van der Waals surface area contributed by atoms with Crippen LogP contribution in [0.15, 0.2) is 36.5 Å². The molecule has 19 heavy (non-hydrogen) atoms. The third-order valence-corrected chi connectivity index (χ3v) is 2.91. The molecule has 98 valence electrons. The van der Waals surface area contributed by atoms with Crippen LogP contribution >= 0.6 is 0 Å². The fourth-order valence-corrected chi connectivity index (χ4v) is 1.98. The molecule has 0 amide bonds. The smallest absolute Gasteiger partial charge is 0.160 e. The van der Waals surface area contributed by atoms with E-state index in [0.29, 0.717) is 24.1 Å². The van der Waals surface area contributed by atoms with E-state index in [1.54, 1.807) is 18.3 Å². The average molecular weight is 258 g/mol. The monoisotopic (exact) mass is 258 g/mol. The van der Waals surface area contributed by atoms with Gasteiger partial charge in [0.05, 0.1) is 12.4 Å². The maximum Gasteiger partial charge on any atom is 0.160 e. The highest BCUT2D eigenvalue weighted by atomic mass is 19.1. The van der Waals surface area contributed by atoms with Crippen molar-refractivity contribution < 1.29 is 9.18 Å². The van der Waals surface area contributed by atoms with Crippen LogP contribution in [0.1, 0.15) is 29.3 Å². The van der Waals surface area contributed by atoms with Crippen molar-refractivity contribution >= 4 is 5.78 Å². The summed E-state index contributed by atoms with van der Waals surface area (Å²) in [6.07, 6.45) is 2.73. The number of halogens is 1. The zero-order chi connectivity index (χ0) is 13.7. The van der Waals surface area contributed by atoms with Crippen molar-refractivity contribution in [1.29, 1.82) is 0 Å². The number of hydrogen-bond donors (Lipinski definition) is 0. The number of rotatable bonds is 5. The quantitative estimate of drug-likeness (QED) is 0.773. The fourth-order valence-electron chi connectivity index (χ4n) is 1.98. The van der Waals surface area contributed by atoms with Gasteiger partial charge < -0.3 is 0 Å². The second-order valence-electron chi connectivity index (χ2n) is 4.34. The first-order valence-electron chi connectivity index (χ1n) is 6.20. The van der Waals surface area contributed by atoms with E-state index in [1.165, 1.54) is 6.92 Å². The maximum atomic E-state index is 12.2. The van der Waals surface area contributed by atoms with Crippen LogP contribution in [0.25, 0.3) is 11.3 Å². The number of nitrogens with zero attached hydrogens (tertiary/aromatic N) is 2. The molecule has 0 unspecified atom stereocenters. The second-order valence-corrected chi connectivity index (χ2v) is 4.34. The minimum absolute atomic E-state index is 0.0160. The Kier molecular flexibility index (Phi) is 4.34. The van der Waals surface area contributed by atoms with Crippen LogP contribution in [0.5, 0.6) is 0 Å². The summed E-state index contributed by atoms with van der Waals surface area (Å²) in [5.74, 6) is -0.0160. The predicted molar refractivity (Wildman–Crippen MR) is 71.8 cm³/mol. The highest BCUT2D eigenvalue weighted by Crippen LogP contribution is 2.24. The van der Waals surface area contributed by atoms with Crippen LogP contribution in [0.3, 0.4) is 0 Å². The number of Topliss-reactive ketones (excluding diaryl/α,β-unsaturated/α-hetero) is 1. The van der Waals surface area contributed by atoms with Gasteiger partial charge in [0.25, 0.3) is 0 Å². The normalized spacial score (nSPS) is 10.4. The lowest BCUT2D eigenvalue weighted by atomic mass is 9.97. The van der Waals surface area contributed by atoms with Gasteiger partial charge in [-0.05, 0) is 43.5 Å². The Morgan fingerprint density at radius 3 is 2.79 bits per heavy atom. The molecule has 4 heteroatoms. The molecule has 0 aliphatic heterocycles. The van der Waals surface area contributed by atoms with Gasteiger partial charge in [-0.25, -0.2) is 0 Å². The van der Waals surface area contributed by atoms with Crippen LogP contribution < -0.4 is 0 Å². The Balaban J connectivity index is 2.45. The fraction of sp³-hybridized carbons (Fsp3) is 0.267. The Morgan fingerprint density at radius 2 is 2.16 bits per heavy atom. The summed E-state index contributed by atoms with van der Waals surface area (Å²) in [5, 5.41) is 7.87. The van der Waals surface area contributed by atoms with E-state index in [9.17, 15) is 9.18 Å². The molecule has 2 aromatic rings. The van der Waals surface area contributed by atoms with Gasteiger partial charge in [0.1, 0.15) is 0 Å². The first kappa shape index (κ1) is 13.3. The number of ketones is 1. The highest BCUT2D eigenvalue weighted by Gasteiger charge is 2.11. The van der Waals surface area contributed by atoms with Gasteiger partial charge in [0.15, 0.2) is 5.78 Å². The number of aryl methyl sites for hydroxylation is 1. The van der Waals surface area contributed by atoms with E-state index in [0.717, 1.165) is 11.1 Å². The second kappa shape index (κ2) is 6.18. The lowest BCUT2D eigenvalue weighted by Gasteiger charge is -2.08. The molecule has 1 aromatic heterocycles. The van der Waals surface area contributed by atoms with Crippen molar-refractivity contribution in [2.75, 3.05) is 6.67 Å². The summed E-state index contributed by atoms with van der Waals surface area (Å²) in [7, 11) is 0. The van der Waals surface area contributed by atoms with Crippen LogP contribution in [0, 0.1) is 0 Å². The molecule has 1 aromatic carbocycles. The largest absolute Gasteiger partial charge is 0.294 e. The highest BCUT2D eigenvalue weighted by molar-refractivity contribution is 6.00. The van der Waals surface area contributed by atoms with Crippen molar-refractivity contribution in [3.05, 3.63) is 47.7 Å². The average Bonchev–Trinajstić information content (AvgIpc) is 2.45. The molecule has 0 aliphatic rings. The van der Waals surface area contributed by atoms with E-state index in [2.05, 4.69) is 10.2 Å². The molecule has 0 fully saturated rings. The Bertz CT molecular complexity index is 570. The van der Waals surface area contributed by atoms with Gasteiger partial charge in [0.2, 0.25) is 0 Å². The van der Waals surface area contributed by atoms with Crippen molar-refractivity contribution in [2.45, 2.75) is 19.8 Å². The zero-order valence-electron chi connectivity index (χ0n) is 10.8. The summed E-state index contributed by atoms with van der Waals surface area (Å²) in [6, 6.07) is 9.14. The standard InChI is InChI=1S/C15H15FN2O/c1-11(19)13-7-6-12(4-2-8-16)10-14(13)15-5-3-9-17-18-15/h3,5-7,9-10H,2,4,8H2,1H3. The topological polar surface area (TPSA) is 42.9 Å². The van der Waals surface area contributed by atoms with Crippen LogP contribution in [0.2, 0.25) is 0 Å². The first-order valence-corrected chi connectivity index (χ1v) is 6.20. The lowest BCUT2D eigenvalue weighted by Crippen LogP contribution is -2.00. The summed E-state index contributed by atoms with van der Waals surface area (Å²) in [5.41, 5.74) is 3.04. The van der Waals surface area contributed by atoms with E-state index >= 15 is 0 Å². The van der Waals surface area contributed by atoms with E-state index in [-0.39, 0.29) is 12.5 Å². The van der Waals surface area contributed by atoms with Crippen molar-refractivity contribution in [3.8, 4) is 11.3 Å². The summed E-state index contributed by atoms with van der Waals surface area (Å²) < 4.78 is 12.2. The Labute approximate surface area is 111 Å². The van der Waals surface area contributed by atoms with Gasteiger partial charge >= 0.3 is 0 Å². The number of benzene rings is 1. The van der Waals surface area contributed by atoms with Crippen molar-refractivity contribution in [3.63, 3.8) is 0 Å². The zero-order valence-corrected chi connectivity index (χ0v) is 10.8. The number of hydrogen-bond acceptors (Lipinski definition) is 3. The van der Waals surface area contributed by atoms with E-state index in [4.69, 9.17) is 0 Å². The van der Waals surface area contributed by atoms with Crippen LogP contribution in [0.4, 0.5) is 4.39 Å². The van der Waals surface area contributed by atoms with Gasteiger partial charge in [-0.1, -0.05) is 12.1 Å². The summed E-state index contributed by atoms with van der Waals surface area (Å²) in [4.78, 5) is 11.7. The van der Waals surface area contributed by atoms with Crippen molar-refractivity contribution in [1.82, 2.24) is 10.2 Å². The van der Waals surface area contributed by atoms with E-state index < -0.39 is 0 Å². The minimum atomic E-state index is -0.338. The molecule has 0 atom stereocenters. The Morgan fingerprint density at radius 1 is 1.32 bits per heavy atom. The molecule has 3 nitrogen and oxygen atoms in total. The van der Waals surface area contributed by atoms with Gasteiger partial charge in [-0.15, -0.1) is 0 Å². The van der Waals surface area contributed by atoms with Gasteiger partial charge in [-0.3, -0.25) is 9.18 Å². The van der Waals surface area contributed by atoms with E-state index in [1.807, 2.05) is 18.2 Å². The number of alkyl halides is 1. The lowest BCUT2D eigenvalue weighted by molar-refractivity contribution is 0.101. The molecule has 2 rings (SSSR count). The molecular formula is C15H15FN2O. The molecule has 0 saturated carbocycles. The van der Waals surface area contributed by atoms with Gasteiger partial charge in [0, 0.05) is 17.3 Å².